The minimum atomic E-state index is -3.85. The molecule has 0 heterocycles. The smallest absolute Gasteiger partial charge is 0.255 e. The predicted octanol–water partition coefficient (Wildman–Crippen LogP) is 2.78. The summed E-state index contributed by atoms with van der Waals surface area (Å²) in [7, 11) is -0.244. The average Bonchev–Trinajstić information content (AvgIpc) is 2.53. The third-order valence-corrected chi connectivity index (χ3v) is 4.78. The Hall–Kier alpha value is -2.38. The van der Waals surface area contributed by atoms with Crippen LogP contribution in [0, 0.1) is 0 Å². The summed E-state index contributed by atoms with van der Waals surface area (Å²) >= 11 is 0. The van der Waals surface area contributed by atoms with Crippen LogP contribution in [0.5, 0.6) is 0 Å². The predicted molar refractivity (Wildman–Crippen MR) is 101 cm³/mol. The molecule has 25 heavy (non-hydrogen) atoms. The van der Waals surface area contributed by atoms with Gasteiger partial charge in [-0.25, -0.2) is 13.6 Å². The van der Waals surface area contributed by atoms with Crippen LogP contribution in [-0.2, 0) is 10.0 Å². The highest BCUT2D eigenvalue weighted by Crippen LogP contribution is 2.28. The lowest BCUT2D eigenvalue weighted by molar-refractivity contribution is 0.102. The van der Waals surface area contributed by atoms with E-state index in [1.807, 2.05) is 12.1 Å². The molecule has 1 amide bonds. The summed E-state index contributed by atoms with van der Waals surface area (Å²) in [6.45, 7) is 4.16. The summed E-state index contributed by atoms with van der Waals surface area (Å²) in [6, 6.07) is 11.7. The van der Waals surface area contributed by atoms with Gasteiger partial charge in [0.25, 0.3) is 5.91 Å². The minimum absolute atomic E-state index is 0.0523. The van der Waals surface area contributed by atoms with Crippen LogP contribution in [0.4, 0.5) is 11.4 Å². The molecule has 2 aromatic carbocycles. The van der Waals surface area contributed by atoms with Crippen molar-refractivity contribution in [1.82, 2.24) is 0 Å². The SMILES string of the molecule is CC(C)c1ccc(C(=O)Nc2cc(S(N)(=O)=O)ccc2N(C)C)cc1. The van der Waals surface area contributed by atoms with Gasteiger partial charge in [-0.1, -0.05) is 26.0 Å². The highest BCUT2D eigenvalue weighted by atomic mass is 32.2. The minimum Gasteiger partial charge on any atom is -0.376 e. The zero-order chi connectivity index (χ0) is 18.8. The van der Waals surface area contributed by atoms with Gasteiger partial charge in [0, 0.05) is 19.7 Å². The molecule has 0 aliphatic carbocycles. The molecule has 0 aliphatic rings. The van der Waals surface area contributed by atoms with E-state index in [1.165, 1.54) is 12.1 Å². The number of nitrogens with zero attached hydrogens (tertiary/aromatic N) is 1. The van der Waals surface area contributed by atoms with Crippen LogP contribution >= 0.6 is 0 Å². The number of carbonyl (C=O) groups excluding carboxylic acids is 1. The van der Waals surface area contributed by atoms with Crippen molar-refractivity contribution in [2.24, 2.45) is 5.14 Å². The van der Waals surface area contributed by atoms with Crippen LogP contribution in [-0.4, -0.2) is 28.4 Å². The van der Waals surface area contributed by atoms with E-state index in [0.717, 1.165) is 5.56 Å². The Kier molecular flexibility index (Phi) is 5.49. The first kappa shape index (κ1) is 19.0. The van der Waals surface area contributed by atoms with Crippen LogP contribution in [0.3, 0.4) is 0 Å². The Balaban J connectivity index is 2.35. The van der Waals surface area contributed by atoms with Gasteiger partial charge in [0.15, 0.2) is 0 Å². The van der Waals surface area contributed by atoms with Gasteiger partial charge in [-0.05, 0) is 41.8 Å². The third kappa shape index (κ3) is 4.58. The number of carbonyl (C=O) groups is 1. The van der Waals surface area contributed by atoms with Crippen LogP contribution in [0.25, 0.3) is 0 Å². The standard InChI is InChI=1S/C18H23N3O3S/c1-12(2)13-5-7-14(8-6-13)18(22)20-16-11-15(25(19,23)24)9-10-17(16)21(3)4/h5-12H,1-4H3,(H,20,22)(H2,19,23,24). The van der Waals surface area contributed by atoms with Gasteiger partial charge < -0.3 is 10.2 Å². The van der Waals surface area contributed by atoms with Crippen molar-refractivity contribution in [3.8, 4) is 0 Å². The molecule has 0 fully saturated rings. The quantitative estimate of drug-likeness (QED) is 0.856. The molecular weight excluding hydrogens is 338 g/mol. The Morgan fingerprint density at radius 3 is 2.16 bits per heavy atom. The van der Waals surface area contributed by atoms with Crippen molar-refractivity contribution in [2.75, 3.05) is 24.3 Å². The number of primary sulfonamides is 1. The molecule has 0 radical (unpaired) electrons. The number of hydrogen-bond acceptors (Lipinski definition) is 4. The first-order valence-corrected chi connectivity index (χ1v) is 9.39. The van der Waals surface area contributed by atoms with E-state index in [2.05, 4.69) is 19.2 Å². The second-order valence-corrected chi connectivity index (χ2v) is 7.91. The van der Waals surface area contributed by atoms with Crippen molar-refractivity contribution < 1.29 is 13.2 Å². The molecule has 7 heteroatoms. The number of nitrogens with two attached hydrogens (primary N) is 1. The molecule has 0 aliphatic heterocycles. The van der Waals surface area contributed by atoms with E-state index in [4.69, 9.17) is 5.14 Å². The Morgan fingerprint density at radius 2 is 1.68 bits per heavy atom. The fourth-order valence-corrected chi connectivity index (χ4v) is 2.94. The molecule has 0 bridgehead atoms. The van der Waals surface area contributed by atoms with Gasteiger partial charge in [-0.15, -0.1) is 0 Å². The molecule has 0 unspecified atom stereocenters. The van der Waals surface area contributed by atoms with Crippen LogP contribution < -0.4 is 15.4 Å². The summed E-state index contributed by atoms with van der Waals surface area (Å²) in [4.78, 5) is 14.3. The Labute approximate surface area is 148 Å². The molecule has 0 aromatic heterocycles. The topological polar surface area (TPSA) is 92.5 Å². The van der Waals surface area contributed by atoms with Crippen molar-refractivity contribution in [1.29, 1.82) is 0 Å². The number of anilines is 2. The second-order valence-electron chi connectivity index (χ2n) is 6.35. The zero-order valence-electron chi connectivity index (χ0n) is 14.8. The molecule has 134 valence electrons. The van der Waals surface area contributed by atoms with Crippen LogP contribution in [0.1, 0.15) is 35.7 Å². The van der Waals surface area contributed by atoms with Crippen molar-refractivity contribution in [3.05, 3.63) is 53.6 Å². The molecule has 2 rings (SSSR count). The number of amides is 1. The molecule has 0 atom stereocenters. The Morgan fingerprint density at radius 1 is 1.08 bits per heavy atom. The molecule has 3 N–H and O–H groups in total. The van der Waals surface area contributed by atoms with Crippen molar-refractivity contribution in [3.63, 3.8) is 0 Å². The van der Waals surface area contributed by atoms with E-state index >= 15 is 0 Å². The molecule has 0 spiro atoms. The highest BCUT2D eigenvalue weighted by Gasteiger charge is 2.15. The number of rotatable bonds is 5. The maximum atomic E-state index is 12.5. The first-order valence-electron chi connectivity index (χ1n) is 7.85. The zero-order valence-corrected chi connectivity index (χ0v) is 15.6. The second kappa shape index (κ2) is 7.25. The third-order valence-electron chi connectivity index (χ3n) is 3.87. The van der Waals surface area contributed by atoms with E-state index in [1.54, 1.807) is 37.2 Å². The van der Waals surface area contributed by atoms with Crippen LogP contribution in [0.2, 0.25) is 0 Å². The van der Waals surface area contributed by atoms with Crippen molar-refractivity contribution in [2.45, 2.75) is 24.7 Å². The lowest BCUT2D eigenvalue weighted by atomic mass is 10.0. The van der Waals surface area contributed by atoms with Gasteiger partial charge in [-0.3, -0.25) is 4.79 Å². The van der Waals surface area contributed by atoms with Crippen LogP contribution in [0.15, 0.2) is 47.4 Å². The van der Waals surface area contributed by atoms with Crippen molar-refractivity contribution >= 4 is 27.3 Å². The highest BCUT2D eigenvalue weighted by molar-refractivity contribution is 7.89. The lowest BCUT2D eigenvalue weighted by Crippen LogP contribution is -2.18. The summed E-state index contributed by atoms with van der Waals surface area (Å²) < 4.78 is 23.1. The number of sulfonamides is 1. The van der Waals surface area contributed by atoms with Gasteiger partial charge >= 0.3 is 0 Å². The normalized spacial score (nSPS) is 11.4. The van der Waals surface area contributed by atoms with E-state index in [-0.39, 0.29) is 10.8 Å². The maximum absolute atomic E-state index is 12.5. The summed E-state index contributed by atoms with van der Waals surface area (Å²) in [6.07, 6.45) is 0. The average molecular weight is 361 g/mol. The largest absolute Gasteiger partial charge is 0.376 e. The molecule has 2 aromatic rings. The van der Waals surface area contributed by atoms with E-state index < -0.39 is 10.0 Å². The monoisotopic (exact) mass is 361 g/mol. The van der Waals surface area contributed by atoms with E-state index in [9.17, 15) is 13.2 Å². The fraction of sp³-hybridized carbons (Fsp3) is 0.278. The molecule has 0 saturated carbocycles. The summed E-state index contributed by atoms with van der Waals surface area (Å²) in [5.41, 5.74) is 2.70. The summed E-state index contributed by atoms with van der Waals surface area (Å²) in [5.74, 6) is 0.0638. The number of benzene rings is 2. The van der Waals surface area contributed by atoms with Gasteiger partial charge in [0.05, 0.1) is 16.3 Å². The first-order chi connectivity index (χ1) is 11.6. The number of hydrogen-bond donors (Lipinski definition) is 2. The molecular formula is C18H23N3O3S. The fourth-order valence-electron chi connectivity index (χ4n) is 2.40. The Bertz CT molecular complexity index is 873. The van der Waals surface area contributed by atoms with Gasteiger partial charge in [-0.2, -0.15) is 0 Å². The molecule has 6 nitrogen and oxygen atoms in total. The van der Waals surface area contributed by atoms with Gasteiger partial charge in [0.2, 0.25) is 10.0 Å². The summed E-state index contributed by atoms with van der Waals surface area (Å²) in [5, 5.41) is 7.95. The maximum Gasteiger partial charge on any atom is 0.255 e. The number of nitrogens with one attached hydrogen (secondary N) is 1. The van der Waals surface area contributed by atoms with E-state index in [0.29, 0.717) is 22.9 Å². The molecule has 0 saturated heterocycles. The lowest BCUT2D eigenvalue weighted by Gasteiger charge is -2.19. The van der Waals surface area contributed by atoms with Gasteiger partial charge in [0.1, 0.15) is 0 Å².